The van der Waals surface area contributed by atoms with Gasteiger partial charge in [0.05, 0.1) is 5.75 Å². The molecule has 5 N–H and O–H groups in total. The van der Waals surface area contributed by atoms with E-state index in [1.165, 1.54) is 0 Å². The maximum absolute atomic E-state index is 12.1. The zero-order valence-electron chi connectivity index (χ0n) is 12.9. The lowest BCUT2D eigenvalue weighted by Crippen LogP contribution is -2.45. The van der Waals surface area contributed by atoms with Gasteiger partial charge in [0.25, 0.3) is 0 Å². The number of amides is 1. The summed E-state index contributed by atoms with van der Waals surface area (Å²) in [6.07, 6.45) is -0.330. The third kappa shape index (κ3) is 7.34. The number of aliphatic carboxylic acids is 2. The SMILES string of the molecule is N[C@@H](CCC(=O)N[C@@H](C[S@@](=O)Cc1ccccc1)C(=O)O)C(=O)O. The molecule has 0 bridgehead atoms. The third-order valence-corrected chi connectivity index (χ3v) is 4.52. The zero-order valence-corrected chi connectivity index (χ0v) is 13.7. The standard InChI is InChI=1S/C15H20N2O6S/c16-11(14(19)20)6-7-13(18)17-12(15(21)22)9-24(23)8-10-4-2-1-3-5-10/h1-5,11-12H,6-9,16H2,(H,17,18)(H,19,20)(H,21,22)/t11-,12-,24-/m0/s1. The molecule has 0 aliphatic carbocycles. The van der Waals surface area contributed by atoms with Crippen LogP contribution in [-0.2, 0) is 30.9 Å². The van der Waals surface area contributed by atoms with Gasteiger partial charge < -0.3 is 21.3 Å². The van der Waals surface area contributed by atoms with Gasteiger partial charge in [0, 0.05) is 23.0 Å². The summed E-state index contributed by atoms with van der Waals surface area (Å²) in [7, 11) is -1.47. The molecular formula is C15H20N2O6S. The number of carbonyl (C=O) groups excluding carboxylic acids is 1. The molecule has 0 unspecified atom stereocenters. The fourth-order valence-electron chi connectivity index (χ4n) is 1.86. The average molecular weight is 356 g/mol. The summed E-state index contributed by atoms with van der Waals surface area (Å²) >= 11 is 0. The molecule has 0 aromatic heterocycles. The summed E-state index contributed by atoms with van der Waals surface area (Å²) in [5.41, 5.74) is 6.08. The van der Waals surface area contributed by atoms with Crippen LogP contribution in [0.3, 0.4) is 0 Å². The number of carboxylic acid groups (broad SMARTS) is 2. The van der Waals surface area contributed by atoms with Gasteiger partial charge in [-0.25, -0.2) is 4.79 Å². The van der Waals surface area contributed by atoms with E-state index < -0.39 is 40.7 Å². The highest BCUT2D eigenvalue weighted by Gasteiger charge is 2.23. The van der Waals surface area contributed by atoms with Crippen molar-refractivity contribution in [3.05, 3.63) is 35.9 Å². The largest absolute Gasteiger partial charge is 0.480 e. The maximum atomic E-state index is 12.1. The Morgan fingerprint density at radius 2 is 1.75 bits per heavy atom. The van der Waals surface area contributed by atoms with Crippen LogP contribution in [0.2, 0.25) is 0 Å². The van der Waals surface area contributed by atoms with Crippen LogP contribution in [0.4, 0.5) is 0 Å². The topological polar surface area (TPSA) is 147 Å². The monoisotopic (exact) mass is 356 g/mol. The van der Waals surface area contributed by atoms with Crippen molar-refractivity contribution in [2.75, 3.05) is 5.75 Å². The smallest absolute Gasteiger partial charge is 0.327 e. The zero-order chi connectivity index (χ0) is 18.1. The van der Waals surface area contributed by atoms with Gasteiger partial charge in [-0.3, -0.25) is 13.8 Å². The van der Waals surface area contributed by atoms with Crippen LogP contribution < -0.4 is 11.1 Å². The minimum absolute atomic E-state index is 0.111. The van der Waals surface area contributed by atoms with Crippen molar-refractivity contribution in [3.63, 3.8) is 0 Å². The van der Waals surface area contributed by atoms with Gasteiger partial charge >= 0.3 is 11.9 Å². The molecule has 0 aliphatic heterocycles. The number of hydrogen-bond acceptors (Lipinski definition) is 5. The van der Waals surface area contributed by atoms with Crippen molar-refractivity contribution in [2.45, 2.75) is 30.7 Å². The van der Waals surface area contributed by atoms with E-state index in [2.05, 4.69) is 5.32 Å². The molecule has 3 atom stereocenters. The van der Waals surface area contributed by atoms with Gasteiger partial charge in [-0.15, -0.1) is 0 Å². The molecule has 0 spiro atoms. The van der Waals surface area contributed by atoms with Crippen molar-refractivity contribution < 1.29 is 28.8 Å². The van der Waals surface area contributed by atoms with Gasteiger partial charge in [-0.05, 0) is 12.0 Å². The Labute approximate surface area is 141 Å². The molecule has 0 saturated heterocycles. The quantitative estimate of drug-likeness (QED) is 0.450. The fourth-order valence-corrected chi connectivity index (χ4v) is 3.14. The molecule has 0 heterocycles. The highest BCUT2D eigenvalue weighted by molar-refractivity contribution is 7.84. The Hall–Kier alpha value is -2.26. The van der Waals surface area contributed by atoms with E-state index in [1.54, 1.807) is 24.3 Å². The van der Waals surface area contributed by atoms with Gasteiger partial charge in [0.15, 0.2) is 0 Å². The lowest BCUT2D eigenvalue weighted by molar-refractivity contribution is -0.141. The Bertz CT molecular complexity index is 607. The fraction of sp³-hybridized carbons (Fsp3) is 0.400. The van der Waals surface area contributed by atoms with Crippen LogP contribution in [0.1, 0.15) is 18.4 Å². The van der Waals surface area contributed by atoms with Crippen LogP contribution in [0.5, 0.6) is 0 Å². The van der Waals surface area contributed by atoms with Crippen LogP contribution >= 0.6 is 0 Å². The van der Waals surface area contributed by atoms with Gasteiger partial charge in [-0.1, -0.05) is 30.3 Å². The van der Waals surface area contributed by atoms with E-state index in [1.807, 2.05) is 6.07 Å². The van der Waals surface area contributed by atoms with Crippen molar-refractivity contribution >= 4 is 28.6 Å². The second-order valence-electron chi connectivity index (χ2n) is 5.18. The van der Waals surface area contributed by atoms with Crippen LogP contribution in [-0.4, -0.2) is 50.1 Å². The van der Waals surface area contributed by atoms with E-state index >= 15 is 0 Å². The first-order chi connectivity index (χ1) is 11.3. The van der Waals surface area contributed by atoms with Crippen LogP contribution in [0, 0.1) is 0 Å². The summed E-state index contributed by atoms with van der Waals surface area (Å²) in [4.78, 5) is 33.5. The first-order valence-electron chi connectivity index (χ1n) is 7.19. The Morgan fingerprint density at radius 1 is 1.12 bits per heavy atom. The molecule has 24 heavy (non-hydrogen) atoms. The number of nitrogens with two attached hydrogens (primary N) is 1. The van der Waals surface area contributed by atoms with E-state index in [9.17, 15) is 18.6 Å². The second kappa shape index (κ2) is 9.78. The van der Waals surface area contributed by atoms with Gasteiger partial charge in [0.1, 0.15) is 12.1 Å². The molecule has 1 aromatic rings. The molecule has 0 fully saturated rings. The first kappa shape index (κ1) is 19.8. The molecule has 8 nitrogen and oxygen atoms in total. The number of hydrogen-bond donors (Lipinski definition) is 4. The molecular weight excluding hydrogens is 336 g/mol. The number of benzene rings is 1. The van der Waals surface area contributed by atoms with E-state index in [-0.39, 0.29) is 24.3 Å². The number of carboxylic acids is 2. The molecule has 0 radical (unpaired) electrons. The molecule has 132 valence electrons. The van der Waals surface area contributed by atoms with Gasteiger partial charge in [-0.2, -0.15) is 0 Å². The minimum atomic E-state index is -1.47. The molecule has 1 aromatic carbocycles. The number of carbonyl (C=O) groups is 3. The van der Waals surface area contributed by atoms with Crippen molar-refractivity contribution in [1.29, 1.82) is 0 Å². The van der Waals surface area contributed by atoms with E-state index in [0.29, 0.717) is 0 Å². The summed E-state index contributed by atoms with van der Waals surface area (Å²) in [6.45, 7) is 0. The Morgan fingerprint density at radius 3 is 2.29 bits per heavy atom. The minimum Gasteiger partial charge on any atom is -0.480 e. The summed E-state index contributed by atoms with van der Waals surface area (Å²) < 4.78 is 12.1. The Kier molecular flexibility index (Phi) is 8.07. The maximum Gasteiger partial charge on any atom is 0.327 e. The van der Waals surface area contributed by atoms with Crippen molar-refractivity contribution in [1.82, 2.24) is 5.32 Å². The van der Waals surface area contributed by atoms with Gasteiger partial charge in [0.2, 0.25) is 5.91 Å². The van der Waals surface area contributed by atoms with Crippen LogP contribution in [0.25, 0.3) is 0 Å². The predicted molar refractivity (Wildman–Crippen MR) is 87.6 cm³/mol. The van der Waals surface area contributed by atoms with E-state index in [4.69, 9.17) is 15.9 Å². The van der Waals surface area contributed by atoms with Crippen molar-refractivity contribution in [3.8, 4) is 0 Å². The molecule has 0 saturated carbocycles. The summed E-state index contributed by atoms with van der Waals surface area (Å²) in [5, 5.41) is 20.0. The average Bonchev–Trinajstić information content (AvgIpc) is 2.52. The first-order valence-corrected chi connectivity index (χ1v) is 8.68. The van der Waals surface area contributed by atoms with Crippen molar-refractivity contribution in [2.24, 2.45) is 5.73 Å². The summed E-state index contributed by atoms with van der Waals surface area (Å²) in [5.74, 6) is -3.23. The normalized spacial score (nSPS) is 14.4. The molecule has 1 rings (SSSR count). The second-order valence-corrected chi connectivity index (χ2v) is 6.68. The lowest BCUT2D eigenvalue weighted by Gasteiger charge is -2.15. The highest BCUT2D eigenvalue weighted by atomic mass is 32.2. The molecule has 9 heteroatoms. The molecule has 0 aliphatic rings. The van der Waals surface area contributed by atoms with Crippen LogP contribution in [0.15, 0.2) is 30.3 Å². The van der Waals surface area contributed by atoms with E-state index in [0.717, 1.165) is 5.56 Å². The summed E-state index contributed by atoms with van der Waals surface area (Å²) in [6, 6.07) is 6.45. The molecule has 1 amide bonds. The highest BCUT2D eigenvalue weighted by Crippen LogP contribution is 2.05. The number of nitrogens with one attached hydrogen (secondary N) is 1. The predicted octanol–water partition coefficient (Wildman–Crippen LogP) is -0.303. The third-order valence-electron chi connectivity index (χ3n) is 3.16. The lowest BCUT2D eigenvalue weighted by atomic mass is 10.1. The Balaban J connectivity index is 2.51. The number of rotatable bonds is 10.